The fourth-order valence-corrected chi connectivity index (χ4v) is 3.15. The highest BCUT2D eigenvalue weighted by atomic mass is 127. The number of halogens is 2. The zero-order chi connectivity index (χ0) is 17.6. The van der Waals surface area contributed by atoms with Gasteiger partial charge in [-0.3, -0.25) is 9.79 Å². The number of benzene rings is 2. The predicted octanol–water partition coefficient (Wildman–Crippen LogP) is 3.71. The third-order valence-electron chi connectivity index (χ3n) is 4.16. The Labute approximate surface area is 179 Å². The highest BCUT2D eigenvalue weighted by molar-refractivity contribution is 14.0. The van der Waals surface area contributed by atoms with Crippen molar-refractivity contribution in [3.05, 3.63) is 63.6 Å². The van der Waals surface area contributed by atoms with Crippen LogP contribution in [0.1, 0.15) is 27.9 Å². The first-order valence-electron chi connectivity index (χ1n) is 8.34. The fraction of sp³-hybridized carbons (Fsp3) is 0.263. The maximum absolute atomic E-state index is 12.0. The van der Waals surface area contributed by atoms with Crippen LogP contribution in [0.2, 0.25) is 0 Å². The Morgan fingerprint density at radius 1 is 1.12 bits per heavy atom. The molecular weight excluding hydrogens is 507 g/mol. The van der Waals surface area contributed by atoms with Crippen LogP contribution in [0.25, 0.3) is 0 Å². The molecule has 0 aromatic heterocycles. The summed E-state index contributed by atoms with van der Waals surface area (Å²) in [4.78, 5) is 16.2. The summed E-state index contributed by atoms with van der Waals surface area (Å²) >= 11 is 3.35. The Balaban J connectivity index is 0.00000243. The number of nitrogens with two attached hydrogens (primary N) is 1. The van der Waals surface area contributed by atoms with Crippen molar-refractivity contribution in [3.8, 4) is 0 Å². The Hall–Kier alpha value is -1.61. The molecule has 0 aliphatic heterocycles. The average Bonchev–Trinajstić information content (AvgIpc) is 3.07. The lowest BCUT2D eigenvalue weighted by Gasteiger charge is -2.08. The van der Waals surface area contributed by atoms with Crippen molar-refractivity contribution in [1.29, 1.82) is 0 Å². The van der Waals surface area contributed by atoms with Gasteiger partial charge in [0.15, 0.2) is 5.96 Å². The van der Waals surface area contributed by atoms with Crippen LogP contribution in [0.4, 0.5) is 5.69 Å². The van der Waals surface area contributed by atoms with Crippen LogP contribution in [0.3, 0.4) is 0 Å². The second-order valence-electron chi connectivity index (χ2n) is 5.99. The lowest BCUT2D eigenvalue weighted by atomic mass is 10.1. The normalized spacial score (nSPS) is 12.9. The zero-order valence-electron chi connectivity index (χ0n) is 14.3. The quantitative estimate of drug-likeness (QED) is 0.239. The van der Waals surface area contributed by atoms with Crippen molar-refractivity contribution in [2.75, 3.05) is 18.4 Å². The first-order chi connectivity index (χ1) is 12.1. The van der Waals surface area contributed by atoms with Crippen LogP contribution in [-0.2, 0) is 12.8 Å². The van der Waals surface area contributed by atoms with Gasteiger partial charge in [-0.2, -0.15) is 0 Å². The molecular formula is C19H22BrIN4O. The van der Waals surface area contributed by atoms with E-state index in [1.807, 2.05) is 18.2 Å². The minimum absolute atomic E-state index is 0. The molecule has 0 unspecified atom stereocenters. The lowest BCUT2D eigenvalue weighted by Crippen LogP contribution is -2.28. The summed E-state index contributed by atoms with van der Waals surface area (Å²) in [5, 5.41) is 5.93. The van der Waals surface area contributed by atoms with Gasteiger partial charge in [0.2, 0.25) is 0 Å². The van der Waals surface area contributed by atoms with E-state index in [9.17, 15) is 4.79 Å². The second-order valence-corrected chi connectivity index (χ2v) is 6.91. The lowest BCUT2D eigenvalue weighted by molar-refractivity contribution is 0.0955. The van der Waals surface area contributed by atoms with Crippen molar-refractivity contribution < 1.29 is 4.79 Å². The molecule has 0 fully saturated rings. The van der Waals surface area contributed by atoms with Crippen molar-refractivity contribution >= 4 is 57.5 Å². The van der Waals surface area contributed by atoms with E-state index in [0.717, 1.165) is 23.0 Å². The van der Waals surface area contributed by atoms with Gasteiger partial charge in [-0.05, 0) is 66.8 Å². The van der Waals surface area contributed by atoms with E-state index in [-0.39, 0.29) is 29.9 Å². The maximum atomic E-state index is 12.0. The zero-order valence-corrected chi connectivity index (χ0v) is 18.2. The Bertz CT molecular complexity index is 793. The molecule has 4 N–H and O–H groups in total. The second kappa shape index (κ2) is 9.91. The monoisotopic (exact) mass is 528 g/mol. The minimum atomic E-state index is -0.118. The number of aliphatic imine (C=N–C) groups is 1. The van der Waals surface area contributed by atoms with E-state index in [0.29, 0.717) is 24.6 Å². The van der Waals surface area contributed by atoms with Crippen molar-refractivity contribution in [1.82, 2.24) is 5.32 Å². The Morgan fingerprint density at radius 2 is 1.85 bits per heavy atom. The van der Waals surface area contributed by atoms with Gasteiger partial charge in [-0.1, -0.05) is 22.0 Å². The molecule has 0 spiro atoms. The molecule has 0 saturated carbocycles. The van der Waals surface area contributed by atoms with Crippen LogP contribution < -0.4 is 16.4 Å². The van der Waals surface area contributed by atoms with E-state index in [2.05, 4.69) is 43.7 Å². The number of aryl methyl sites for hydroxylation is 2. The van der Waals surface area contributed by atoms with E-state index in [1.165, 1.54) is 17.5 Å². The van der Waals surface area contributed by atoms with Crippen molar-refractivity contribution in [2.45, 2.75) is 19.3 Å². The third-order valence-corrected chi connectivity index (χ3v) is 4.69. The molecule has 138 valence electrons. The highest BCUT2D eigenvalue weighted by Gasteiger charge is 2.10. The molecule has 2 aromatic carbocycles. The van der Waals surface area contributed by atoms with Gasteiger partial charge < -0.3 is 16.4 Å². The van der Waals surface area contributed by atoms with Gasteiger partial charge in [-0.15, -0.1) is 24.0 Å². The molecule has 0 saturated heterocycles. The summed E-state index contributed by atoms with van der Waals surface area (Å²) in [5.74, 6) is 0.240. The van der Waals surface area contributed by atoms with Crippen molar-refractivity contribution in [3.63, 3.8) is 0 Å². The standard InChI is InChI=1S/C19H21BrN4O.HI/c20-16-7-4-14(5-8-16)18(25)22-10-11-23-19(21)24-17-9-6-13-2-1-3-15(13)12-17;/h4-9,12H,1-3,10-11H2,(H,22,25)(H3,21,23,24);1H. The number of guanidine groups is 1. The number of hydrogen-bond acceptors (Lipinski definition) is 2. The van der Waals surface area contributed by atoms with Gasteiger partial charge in [0.05, 0.1) is 6.54 Å². The number of amides is 1. The summed E-state index contributed by atoms with van der Waals surface area (Å²) in [6, 6.07) is 13.5. The molecule has 26 heavy (non-hydrogen) atoms. The van der Waals surface area contributed by atoms with Crippen LogP contribution >= 0.6 is 39.9 Å². The van der Waals surface area contributed by atoms with Gasteiger partial charge in [0.1, 0.15) is 0 Å². The van der Waals surface area contributed by atoms with Gasteiger partial charge in [0, 0.05) is 22.3 Å². The number of fused-ring (bicyclic) bond motifs is 1. The molecule has 0 atom stereocenters. The van der Waals surface area contributed by atoms with E-state index in [1.54, 1.807) is 12.1 Å². The predicted molar refractivity (Wildman–Crippen MR) is 120 cm³/mol. The molecule has 0 radical (unpaired) electrons. The first-order valence-corrected chi connectivity index (χ1v) is 9.13. The smallest absolute Gasteiger partial charge is 0.251 e. The van der Waals surface area contributed by atoms with Gasteiger partial charge >= 0.3 is 0 Å². The molecule has 7 heteroatoms. The number of hydrogen-bond donors (Lipinski definition) is 3. The molecule has 2 aromatic rings. The van der Waals surface area contributed by atoms with Gasteiger partial charge in [-0.25, -0.2) is 0 Å². The Morgan fingerprint density at radius 3 is 2.62 bits per heavy atom. The van der Waals surface area contributed by atoms with E-state index >= 15 is 0 Å². The molecule has 5 nitrogen and oxygen atoms in total. The summed E-state index contributed by atoms with van der Waals surface area (Å²) < 4.78 is 0.944. The van der Waals surface area contributed by atoms with Crippen molar-refractivity contribution in [2.24, 2.45) is 10.7 Å². The van der Waals surface area contributed by atoms with E-state index < -0.39 is 0 Å². The molecule has 3 rings (SSSR count). The number of anilines is 1. The average molecular weight is 529 g/mol. The third kappa shape index (κ3) is 5.70. The summed E-state index contributed by atoms with van der Waals surface area (Å²) in [7, 11) is 0. The summed E-state index contributed by atoms with van der Waals surface area (Å²) in [6.07, 6.45) is 3.52. The molecule has 1 amide bonds. The molecule has 0 bridgehead atoms. The van der Waals surface area contributed by atoms with Gasteiger partial charge in [0.25, 0.3) is 5.91 Å². The number of nitrogens with one attached hydrogen (secondary N) is 2. The van der Waals surface area contributed by atoms with Crippen LogP contribution in [0.15, 0.2) is 51.9 Å². The van der Waals surface area contributed by atoms with Crippen LogP contribution in [-0.4, -0.2) is 25.0 Å². The number of carbonyl (C=O) groups is 1. The largest absolute Gasteiger partial charge is 0.370 e. The number of rotatable bonds is 5. The molecule has 0 heterocycles. The SMILES string of the molecule is I.NC(=NCCNC(=O)c1ccc(Br)cc1)Nc1ccc2c(c1)CCC2. The van der Waals surface area contributed by atoms with E-state index in [4.69, 9.17) is 5.73 Å². The Kier molecular flexibility index (Phi) is 7.89. The number of carbonyl (C=O) groups excluding carboxylic acids is 1. The highest BCUT2D eigenvalue weighted by Crippen LogP contribution is 2.24. The topological polar surface area (TPSA) is 79.5 Å². The summed E-state index contributed by atoms with van der Waals surface area (Å²) in [6.45, 7) is 0.855. The van der Waals surface area contributed by atoms with Crippen LogP contribution in [0.5, 0.6) is 0 Å². The minimum Gasteiger partial charge on any atom is -0.370 e. The molecule has 1 aliphatic rings. The maximum Gasteiger partial charge on any atom is 0.251 e. The summed E-state index contributed by atoms with van der Waals surface area (Å²) in [5.41, 5.74) is 10.3. The van der Waals surface area contributed by atoms with Crippen LogP contribution in [0, 0.1) is 0 Å². The number of nitrogens with zero attached hydrogens (tertiary/aromatic N) is 1. The molecule has 1 aliphatic carbocycles. The fourth-order valence-electron chi connectivity index (χ4n) is 2.89. The first kappa shape index (κ1) is 20.7.